The Kier molecular flexibility index (Phi) is 226. The predicted octanol–water partition coefficient (Wildman–Crippen LogP) is -6.00. The smallest absolute Gasteiger partial charge is 1.00 e. The molecule has 5 heteroatoms. The third-order valence-electron chi connectivity index (χ3n) is 0. The summed E-state index contributed by atoms with van der Waals surface area (Å²) in [6, 6.07) is 0. The van der Waals surface area contributed by atoms with E-state index in [1.165, 1.54) is 0 Å². The van der Waals surface area contributed by atoms with Crippen LogP contribution in [0.2, 0.25) is 0 Å². The summed E-state index contributed by atoms with van der Waals surface area (Å²) in [5.74, 6) is 0. The predicted molar refractivity (Wildman–Crippen MR) is 0 cm³/mol. The van der Waals surface area contributed by atoms with Crippen LogP contribution in [0.3, 0.4) is 0 Å². The summed E-state index contributed by atoms with van der Waals surface area (Å²) >= 11 is 0. The Balaban J connectivity index is 0. The zero-order chi connectivity index (χ0) is 0. The summed E-state index contributed by atoms with van der Waals surface area (Å²) in [6.07, 6.45) is 0. The van der Waals surface area contributed by atoms with Gasteiger partial charge in [0.2, 0.25) is 0 Å². The van der Waals surface area contributed by atoms with Gasteiger partial charge in [-0.2, -0.15) is 0 Å². The molecule has 0 amide bonds. The van der Waals surface area contributed by atoms with Crippen molar-refractivity contribution in [2.75, 3.05) is 0 Å². The molecule has 0 rings (SSSR count). The second-order valence-electron chi connectivity index (χ2n) is 0. The Morgan fingerprint density at radius 1 is 0.400 bits per heavy atom. The van der Waals surface area contributed by atoms with Crippen molar-refractivity contribution < 1.29 is 101 Å². The molecule has 0 aliphatic carbocycles. The molecule has 46 valence electrons. The van der Waals surface area contributed by atoms with Gasteiger partial charge in [-0.3, -0.25) is 0 Å². The van der Waals surface area contributed by atoms with E-state index in [9.17, 15) is 0 Å². The van der Waals surface area contributed by atoms with Gasteiger partial charge in [-0.1, -0.05) is 0 Å². The van der Waals surface area contributed by atoms with Crippen molar-refractivity contribution in [3.8, 4) is 0 Å². The standard InChI is InChI=1S/3Ag.2BrH/h;;;2*1H/q3*+1;;/p-2. The van der Waals surface area contributed by atoms with E-state index in [-0.39, 0.29) is 101 Å². The maximum absolute atomic E-state index is 0. The topological polar surface area (TPSA) is 0 Å². The summed E-state index contributed by atoms with van der Waals surface area (Å²) in [6.45, 7) is 0. The van der Waals surface area contributed by atoms with Gasteiger partial charge in [0.1, 0.15) is 0 Å². The van der Waals surface area contributed by atoms with Crippen molar-refractivity contribution >= 4 is 0 Å². The summed E-state index contributed by atoms with van der Waals surface area (Å²) in [4.78, 5) is 0. The van der Waals surface area contributed by atoms with Crippen LogP contribution in [0.4, 0.5) is 0 Å². The quantitative estimate of drug-likeness (QED) is 0.301. The van der Waals surface area contributed by atoms with Crippen molar-refractivity contribution in [2.24, 2.45) is 0 Å². The van der Waals surface area contributed by atoms with Crippen molar-refractivity contribution in [1.82, 2.24) is 0 Å². The minimum Gasteiger partial charge on any atom is -1.00 e. The summed E-state index contributed by atoms with van der Waals surface area (Å²) in [5.41, 5.74) is 0. The average Bonchev–Trinajstić information content (AvgIpc) is 0. The van der Waals surface area contributed by atoms with Gasteiger partial charge < -0.3 is 34.0 Å². The van der Waals surface area contributed by atoms with Gasteiger partial charge in [-0.15, -0.1) is 0 Å². The molecule has 0 bridgehead atoms. The molecule has 0 heterocycles. The molecule has 0 saturated heterocycles. The van der Waals surface area contributed by atoms with Gasteiger partial charge in [-0.25, -0.2) is 0 Å². The van der Waals surface area contributed by atoms with Crippen LogP contribution in [0, 0.1) is 0 Å². The van der Waals surface area contributed by atoms with Crippen LogP contribution in [-0.2, 0) is 67.1 Å². The molecule has 0 aromatic heterocycles. The van der Waals surface area contributed by atoms with Crippen LogP contribution in [0.25, 0.3) is 0 Å². The molecule has 0 radical (unpaired) electrons. The molecule has 0 spiro atoms. The first-order valence-electron chi connectivity index (χ1n) is 0. The number of hydrogen-bond donors (Lipinski definition) is 0. The van der Waals surface area contributed by atoms with Crippen LogP contribution in [0.15, 0.2) is 0 Å². The van der Waals surface area contributed by atoms with Crippen LogP contribution in [0.1, 0.15) is 0 Å². The normalized spacial score (nSPS) is 0. The first-order chi connectivity index (χ1) is 0. The van der Waals surface area contributed by atoms with Crippen molar-refractivity contribution in [2.45, 2.75) is 0 Å². The maximum atomic E-state index is 0. The summed E-state index contributed by atoms with van der Waals surface area (Å²) in [7, 11) is 0. The van der Waals surface area contributed by atoms with Crippen LogP contribution >= 0.6 is 0 Å². The third-order valence-corrected chi connectivity index (χ3v) is 0. The third kappa shape index (κ3) is 19.0. The molecule has 0 nitrogen and oxygen atoms in total. The van der Waals surface area contributed by atoms with E-state index in [1.54, 1.807) is 0 Å². The van der Waals surface area contributed by atoms with Crippen LogP contribution in [0.5, 0.6) is 0 Å². The molecule has 0 aromatic rings. The van der Waals surface area contributed by atoms with E-state index in [1.807, 2.05) is 0 Å². The Morgan fingerprint density at radius 2 is 0.400 bits per heavy atom. The van der Waals surface area contributed by atoms with E-state index >= 15 is 0 Å². The van der Waals surface area contributed by atoms with E-state index < -0.39 is 0 Å². The average molecular weight is 483 g/mol. The van der Waals surface area contributed by atoms with E-state index in [0.717, 1.165) is 0 Å². The van der Waals surface area contributed by atoms with E-state index in [2.05, 4.69) is 0 Å². The fourth-order valence-electron chi connectivity index (χ4n) is 0. The molecule has 0 aromatic carbocycles. The van der Waals surface area contributed by atoms with Gasteiger partial charge in [0.15, 0.2) is 0 Å². The number of rotatable bonds is 0. The first-order valence-corrected chi connectivity index (χ1v) is 0. The van der Waals surface area contributed by atoms with Crippen LogP contribution < -0.4 is 34.0 Å². The SMILES string of the molecule is [Ag+].[Ag+].[Ag+].[Br-].[Br-]. The van der Waals surface area contributed by atoms with Gasteiger partial charge in [0.25, 0.3) is 0 Å². The Labute approximate surface area is 99.3 Å². The molecule has 0 unspecified atom stereocenters. The zero-order valence-electron chi connectivity index (χ0n) is 1.66. The maximum Gasteiger partial charge on any atom is 1.00 e. The van der Waals surface area contributed by atoms with Crippen molar-refractivity contribution in [1.29, 1.82) is 0 Å². The molecule has 0 N–H and O–H groups in total. The first kappa shape index (κ1) is 41.7. The molecule has 5 heavy (non-hydrogen) atoms. The zero-order valence-corrected chi connectivity index (χ0v) is 9.28. The van der Waals surface area contributed by atoms with Gasteiger partial charge >= 0.3 is 67.1 Å². The molecular formula is Ag3Br2+. The van der Waals surface area contributed by atoms with Gasteiger partial charge in [0, 0.05) is 0 Å². The summed E-state index contributed by atoms with van der Waals surface area (Å²) < 4.78 is 0. The Morgan fingerprint density at radius 3 is 0.400 bits per heavy atom. The molecule has 0 aliphatic heterocycles. The molecule has 0 fully saturated rings. The van der Waals surface area contributed by atoms with Crippen LogP contribution in [-0.4, -0.2) is 0 Å². The Hall–Kier alpha value is 3.18. The Bertz CT molecular complexity index is 4.85. The minimum absolute atomic E-state index is 0. The van der Waals surface area contributed by atoms with Gasteiger partial charge in [-0.05, 0) is 0 Å². The second-order valence-corrected chi connectivity index (χ2v) is 0. The molecular weight excluding hydrogens is 483 g/mol. The van der Waals surface area contributed by atoms with Gasteiger partial charge in [0.05, 0.1) is 0 Å². The fraction of sp³-hybridized carbons (Fsp3) is 0. The second kappa shape index (κ2) is 27.1. The fourth-order valence-corrected chi connectivity index (χ4v) is 0. The number of halogens is 2. The molecule has 0 atom stereocenters. The number of hydrogen-bond acceptors (Lipinski definition) is 0. The molecule has 0 saturated carbocycles. The summed E-state index contributed by atoms with van der Waals surface area (Å²) in [5, 5.41) is 0. The van der Waals surface area contributed by atoms with E-state index in [4.69, 9.17) is 0 Å². The van der Waals surface area contributed by atoms with E-state index in [0.29, 0.717) is 0 Å². The molecule has 0 aliphatic rings. The van der Waals surface area contributed by atoms with Crippen molar-refractivity contribution in [3.05, 3.63) is 0 Å². The minimum atomic E-state index is 0. The largest absolute Gasteiger partial charge is 1.00 e. The monoisotopic (exact) mass is 479 g/mol. The van der Waals surface area contributed by atoms with Crippen molar-refractivity contribution in [3.63, 3.8) is 0 Å².